The van der Waals surface area contributed by atoms with Gasteiger partial charge in [0, 0.05) is 61.1 Å². The number of fused-ring (bicyclic) bond motifs is 9. The number of nitrogens with zero attached hydrogens (tertiary/aromatic N) is 4. The number of rotatable bonds is 8. The molecule has 0 atom stereocenters. The summed E-state index contributed by atoms with van der Waals surface area (Å²) in [5.74, 6) is 0. The number of para-hydroxylation sites is 1. The molecule has 0 radical (unpaired) electrons. The van der Waals surface area contributed by atoms with Gasteiger partial charge in [-0.3, -0.25) is 4.98 Å². The van der Waals surface area contributed by atoms with Gasteiger partial charge >= 0.3 is 0 Å². The van der Waals surface area contributed by atoms with E-state index in [0.717, 1.165) is 39.4 Å². The molecular formula is C71H46N4. The quantitative estimate of drug-likeness (QED) is 0.149. The fourth-order valence-electron chi connectivity index (χ4n) is 11.7. The van der Waals surface area contributed by atoms with Crippen molar-refractivity contribution in [2.45, 2.75) is 0 Å². The third kappa shape index (κ3) is 7.10. The Labute approximate surface area is 433 Å². The first-order valence-corrected chi connectivity index (χ1v) is 25.7. The summed E-state index contributed by atoms with van der Waals surface area (Å²) in [5, 5.41) is 7.28. The monoisotopic (exact) mass is 954 g/mol. The molecule has 0 aliphatic rings. The number of hydrogen-bond acceptors (Lipinski definition) is 1. The van der Waals surface area contributed by atoms with Gasteiger partial charge < -0.3 is 13.7 Å². The molecule has 0 N–H and O–H groups in total. The summed E-state index contributed by atoms with van der Waals surface area (Å²) in [6.45, 7) is 0. The summed E-state index contributed by atoms with van der Waals surface area (Å²) in [7, 11) is 0. The molecular weight excluding hydrogens is 909 g/mol. The summed E-state index contributed by atoms with van der Waals surface area (Å²) in [4.78, 5) is 4.62. The molecule has 4 heteroatoms. The molecule has 75 heavy (non-hydrogen) atoms. The van der Waals surface area contributed by atoms with Crippen molar-refractivity contribution >= 4 is 65.4 Å². The molecule has 11 aromatic carbocycles. The molecule has 0 saturated heterocycles. The molecule has 0 aliphatic carbocycles. The Morgan fingerprint density at radius 2 is 0.493 bits per heavy atom. The zero-order valence-corrected chi connectivity index (χ0v) is 40.8. The van der Waals surface area contributed by atoms with Crippen LogP contribution in [0.25, 0.3) is 138 Å². The molecule has 0 aliphatic heterocycles. The number of aromatic nitrogens is 4. The molecule has 0 bridgehead atoms. The van der Waals surface area contributed by atoms with Gasteiger partial charge in [-0.15, -0.1) is 0 Å². The predicted molar refractivity (Wildman–Crippen MR) is 314 cm³/mol. The van der Waals surface area contributed by atoms with E-state index in [-0.39, 0.29) is 0 Å². The highest BCUT2D eigenvalue weighted by molar-refractivity contribution is 6.15. The van der Waals surface area contributed by atoms with Gasteiger partial charge in [0.25, 0.3) is 0 Å². The number of hydrogen-bond donors (Lipinski definition) is 0. The average Bonchev–Trinajstić information content (AvgIpc) is 4.15. The van der Waals surface area contributed by atoms with E-state index in [4.69, 9.17) is 0 Å². The predicted octanol–water partition coefficient (Wildman–Crippen LogP) is 18.7. The Bertz CT molecular complexity index is 4650. The molecule has 0 amide bonds. The third-order valence-corrected chi connectivity index (χ3v) is 15.3. The lowest BCUT2D eigenvalue weighted by Crippen LogP contribution is -1.95. The largest absolute Gasteiger partial charge is 0.309 e. The van der Waals surface area contributed by atoms with E-state index < -0.39 is 0 Å². The molecule has 4 aromatic heterocycles. The van der Waals surface area contributed by atoms with E-state index in [9.17, 15) is 0 Å². The van der Waals surface area contributed by atoms with E-state index in [1.54, 1.807) is 0 Å². The van der Waals surface area contributed by atoms with E-state index >= 15 is 0 Å². The maximum absolute atomic E-state index is 4.62. The summed E-state index contributed by atoms with van der Waals surface area (Å²) in [6, 6.07) is 99.7. The lowest BCUT2D eigenvalue weighted by Gasteiger charge is -2.11. The zero-order valence-electron chi connectivity index (χ0n) is 40.8. The van der Waals surface area contributed by atoms with Crippen LogP contribution < -0.4 is 0 Å². The Morgan fingerprint density at radius 3 is 0.880 bits per heavy atom. The molecule has 0 saturated carbocycles. The van der Waals surface area contributed by atoms with E-state index in [1.807, 2.05) is 18.3 Å². The normalized spacial score (nSPS) is 11.7. The van der Waals surface area contributed by atoms with Crippen LogP contribution >= 0.6 is 0 Å². The van der Waals surface area contributed by atoms with Gasteiger partial charge in [0.2, 0.25) is 0 Å². The third-order valence-electron chi connectivity index (χ3n) is 15.3. The second kappa shape index (κ2) is 17.3. The first-order chi connectivity index (χ1) is 37.2. The molecule has 15 rings (SSSR count). The number of benzene rings is 11. The Balaban J connectivity index is 0.925. The topological polar surface area (TPSA) is 27.7 Å². The minimum atomic E-state index is 0.964. The minimum absolute atomic E-state index is 0.964. The van der Waals surface area contributed by atoms with Crippen molar-refractivity contribution in [1.29, 1.82) is 0 Å². The van der Waals surface area contributed by atoms with Gasteiger partial charge in [-0.1, -0.05) is 158 Å². The molecule has 0 spiro atoms. The van der Waals surface area contributed by atoms with Crippen molar-refractivity contribution < 1.29 is 0 Å². The van der Waals surface area contributed by atoms with Gasteiger partial charge in [0.15, 0.2) is 0 Å². The minimum Gasteiger partial charge on any atom is -0.309 e. The second-order valence-electron chi connectivity index (χ2n) is 19.6. The fraction of sp³-hybridized carbons (Fsp3) is 0. The highest BCUT2D eigenvalue weighted by Crippen LogP contribution is 2.42. The smallest absolute Gasteiger partial charge is 0.0701 e. The molecule has 350 valence electrons. The van der Waals surface area contributed by atoms with Crippen molar-refractivity contribution in [2.24, 2.45) is 0 Å². The van der Waals surface area contributed by atoms with Crippen LogP contribution in [0.2, 0.25) is 0 Å². The van der Waals surface area contributed by atoms with Crippen LogP contribution in [-0.2, 0) is 0 Å². The standard InChI is InChI=1S/C71H46N4/c1-5-15-47(16-6-1)51-26-34-66-59(41-51)61-44-54(29-37-67(61)74(66)57-31-24-50(25-32-57)65-23-13-14-40-72-65)55-30-38-70-62(45-55)60-42-52(48-17-7-2-8-18-48)28-36-69(60)75(70)58-33-39-71-64(46-58)63-43-53(49-19-9-3-10-20-49)27-35-68(63)73(71)56-21-11-4-12-22-56/h1-46H. The van der Waals surface area contributed by atoms with Crippen LogP contribution in [0.1, 0.15) is 0 Å². The van der Waals surface area contributed by atoms with Crippen molar-refractivity contribution in [3.8, 4) is 72.8 Å². The zero-order chi connectivity index (χ0) is 49.4. The van der Waals surface area contributed by atoms with Crippen molar-refractivity contribution in [1.82, 2.24) is 18.7 Å². The first kappa shape index (κ1) is 42.6. The Hall–Kier alpha value is -10.0. The van der Waals surface area contributed by atoms with Crippen LogP contribution in [0.4, 0.5) is 0 Å². The van der Waals surface area contributed by atoms with E-state index in [2.05, 4.69) is 280 Å². The van der Waals surface area contributed by atoms with Gasteiger partial charge in [-0.25, -0.2) is 0 Å². The SMILES string of the molecule is c1ccc(-c2ccc3c(c2)c2cc(-c4ccc5c(c4)c4cc(-c6ccccc6)ccc4n5-c4ccc5c(c4)c4cc(-c6ccccc6)ccc4n5-c4ccccc4)ccc2n3-c2ccc(-c3ccccn3)cc2)cc1. The van der Waals surface area contributed by atoms with Crippen LogP contribution in [0, 0.1) is 0 Å². The van der Waals surface area contributed by atoms with Crippen molar-refractivity contribution in [3.05, 3.63) is 279 Å². The molecule has 4 heterocycles. The summed E-state index contributed by atoms with van der Waals surface area (Å²) >= 11 is 0. The van der Waals surface area contributed by atoms with Gasteiger partial charge in [-0.2, -0.15) is 0 Å². The summed E-state index contributed by atoms with van der Waals surface area (Å²) < 4.78 is 7.28. The van der Waals surface area contributed by atoms with Crippen molar-refractivity contribution in [3.63, 3.8) is 0 Å². The van der Waals surface area contributed by atoms with Crippen LogP contribution in [0.5, 0.6) is 0 Å². The lowest BCUT2D eigenvalue weighted by molar-refractivity contribution is 1.17. The summed E-state index contributed by atoms with van der Waals surface area (Å²) in [6.07, 6.45) is 1.85. The molecule has 0 fully saturated rings. The van der Waals surface area contributed by atoms with Crippen LogP contribution in [-0.4, -0.2) is 18.7 Å². The first-order valence-electron chi connectivity index (χ1n) is 25.7. The fourth-order valence-corrected chi connectivity index (χ4v) is 11.7. The molecule has 4 nitrogen and oxygen atoms in total. The second-order valence-corrected chi connectivity index (χ2v) is 19.6. The maximum Gasteiger partial charge on any atom is 0.0701 e. The van der Waals surface area contributed by atoms with E-state index in [0.29, 0.717) is 0 Å². The average molecular weight is 955 g/mol. The Morgan fingerprint density at radius 1 is 0.200 bits per heavy atom. The Kier molecular flexibility index (Phi) is 9.85. The highest BCUT2D eigenvalue weighted by atomic mass is 15.0. The lowest BCUT2D eigenvalue weighted by atomic mass is 9.98. The van der Waals surface area contributed by atoms with E-state index in [1.165, 1.54) is 98.9 Å². The van der Waals surface area contributed by atoms with Gasteiger partial charge in [0.1, 0.15) is 0 Å². The van der Waals surface area contributed by atoms with Crippen molar-refractivity contribution in [2.75, 3.05) is 0 Å². The molecule has 0 unspecified atom stereocenters. The summed E-state index contributed by atoms with van der Waals surface area (Å²) in [5.41, 5.74) is 22.0. The molecule has 15 aromatic rings. The highest BCUT2D eigenvalue weighted by Gasteiger charge is 2.20. The van der Waals surface area contributed by atoms with Gasteiger partial charge in [0.05, 0.1) is 38.8 Å². The van der Waals surface area contributed by atoms with Gasteiger partial charge in [-0.05, 0) is 160 Å². The number of pyridine rings is 1. The van der Waals surface area contributed by atoms with Crippen LogP contribution in [0.15, 0.2) is 279 Å². The maximum atomic E-state index is 4.62. The van der Waals surface area contributed by atoms with Crippen LogP contribution in [0.3, 0.4) is 0 Å².